The molecule has 1 aliphatic heterocycles. The zero-order chi connectivity index (χ0) is 16.9. The van der Waals surface area contributed by atoms with Gasteiger partial charge in [-0.1, -0.05) is 17.8 Å². The lowest BCUT2D eigenvalue weighted by molar-refractivity contribution is 0.190. The van der Waals surface area contributed by atoms with E-state index in [9.17, 15) is 0 Å². The van der Waals surface area contributed by atoms with E-state index >= 15 is 0 Å². The minimum atomic E-state index is 0.119. The van der Waals surface area contributed by atoms with Crippen LogP contribution in [0.25, 0.3) is 11.5 Å². The lowest BCUT2D eigenvalue weighted by Gasteiger charge is -2.30. The highest BCUT2D eigenvalue weighted by atomic mass is 16.5. The van der Waals surface area contributed by atoms with Crippen LogP contribution >= 0.6 is 0 Å². The SMILES string of the molecule is C=CCOc1ccc(-c2nc(C3CNCCN3C)no2)cc1OC. The van der Waals surface area contributed by atoms with Gasteiger partial charge in [-0.15, -0.1) is 0 Å². The van der Waals surface area contributed by atoms with Crippen LogP contribution in [-0.4, -0.2) is 55.4 Å². The van der Waals surface area contributed by atoms with Crippen LogP contribution in [0.15, 0.2) is 35.4 Å². The summed E-state index contributed by atoms with van der Waals surface area (Å²) in [4.78, 5) is 6.77. The van der Waals surface area contributed by atoms with Crippen LogP contribution in [0.5, 0.6) is 11.5 Å². The van der Waals surface area contributed by atoms with Crippen molar-refractivity contribution in [2.75, 3.05) is 40.4 Å². The summed E-state index contributed by atoms with van der Waals surface area (Å²) in [6.07, 6.45) is 1.69. The van der Waals surface area contributed by atoms with E-state index in [1.807, 2.05) is 18.2 Å². The molecule has 1 saturated heterocycles. The van der Waals surface area contributed by atoms with E-state index in [2.05, 4.69) is 34.0 Å². The van der Waals surface area contributed by atoms with Gasteiger partial charge in [-0.05, 0) is 25.2 Å². The first-order chi connectivity index (χ1) is 11.7. The molecule has 7 heteroatoms. The Kier molecular flexibility index (Phi) is 5.12. The normalized spacial score (nSPS) is 18.3. The zero-order valence-electron chi connectivity index (χ0n) is 14.0. The van der Waals surface area contributed by atoms with Crippen molar-refractivity contribution < 1.29 is 14.0 Å². The smallest absolute Gasteiger partial charge is 0.258 e. The third-order valence-corrected chi connectivity index (χ3v) is 4.02. The third-order valence-electron chi connectivity index (χ3n) is 4.02. The van der Waals surface area contributed by atoms with Gasteiger partial charge in [0.25, 0.3) is 5.89 Å². The molecule has 1 fully saturated rings. The maximum absolute atomic E-state index is 5.56. The molecule has 1 aliphatic rings. The van der Waals surface area contributed by atoms with Gasteiger partial charge in [0.05, 0.1) is 13.2 Å². The molecule has 0 spiro atoms. The summed E-state index contributed by atoms with van der Waals surface area (Å²) in [7, 11) is 3.66. The second-order valence-corrected chi connectivity index (χ2v) is 5.62. The van der Waals surface area contributed by atoms with Crippen LogP contribution in [-0.2, 0) is 0 Å². The van der Waals surface area contributed by atoms with Crippen molar-refractivity contribution in [2.45, 2.75) is 6.04 Å². The second kappa shape index (κ2) is 7.46. The van der Waals surface area contributed by atoms with Gasteiger partial charge in [-0.3, -0.25) is 4.90 Å². The molecule has 1 aromatic carbocycles. The fourth-order valence-corrected chi connectivity index (χ4v) is 2.65. The molecule has 128 valence electrons. The third kappa shape index (κ3) is 3.42. The molecule has 24 heavy (non-hydrogen) atoms. The predicted octanol–water partition coefficient (Wildman–Crippen LogP) is 1.89. The molecule has 0 bridgehead atoms. The highest BCUT2D eigenvalue weighted by Gasteiger charge is 2.25. The Morgan fingerprint density at radius 1 is 1.46 bits per heavy atom. The van der Waals surface area contributed by atoms with Gasteiger partial charge in [0, 0.05) is 25.2 Å². The highest BCUT2D eigenvalue weighted by molar-refractivity contribution is 5.59. The summed E-state index contributed by atoms with van der Waals surface area (Å²) < 4.78 is 16.4. The van der Waals surface area contributed by atoms with E-state index < -0.39 is 0 Å². The molecule has 3 rings (SSSR count). The van der Waals surface area contributed by atoms with E-state index in [0.29, 0.717) is 29.8 Å². The minimum absolute atomic E-state index is 0.119. The molecule has 0 radical (unpaired) electrons. The summed E-state index contributed by atoms with van der Waals surface area (Å²) in [6, 6.07) is 5.66. The number of nitrogens with one attached hydrogen (secondary N) is 1. The van der Waals surface area contributed by atoms with Crippen LogP contribution in [0.1, 0.15) is 11.9 Å². The first-order valence-electron chi connectivity index (χ1n) is 7.89. The largest absolute Gasteiger partial charge is 0.493 e. The summed E-state index contributed by atoms with van der Waals surface area (Å²) in [5, 5.41) is 7.49. The Hall–Kier alpha value is -2.38. The number of likely N-dealkylation sites (N-methyl/N-ethyl adjacent to an activating group) is 1. The number of aromatic nitrogens is 2. The number of rotatable bonds is 6. The molecule has 0 aliphatic carbocycles. The number of nitrogens with zero attached hydrogens (tertiary/aromatic N) is 3. The molecule has 0 amide bonds. The van der Waals surface area contributed by atoms with Crippen LogP contribution in [0.4, 0.5) is 0 Å². The minimum Gasteiger partial charge on any atom is -0.493 e. The number of hydrogen-bond acceptors (Lipinski definition) is 7. The molecular weight excluding hydrogens is 308 g/mol. The lowest BCUT2D eigenvalue weighted by atomic mass is 10.2. The number of benzene rings is 1. The highest BCUT2D eigenvalue weighted by Crippen LogP contribution is 2.32. The van der Waals surface area contributed by atoms with Crippen LogP contribution < -0.4 is 14.8 Å². The first-order valence-corrected chi connectivity index (χ1v) is 7.89. The molecule has 1 aromatic heterocycles. The molecule has 0 saturated carbocycles. The van der Waals surface area contributed by atoms with Crippen LogP contribution in [0.2, 0.25) is 0 Å². The summed E-state index contributed by atoms with van der Waals surface area (Å²) in [6.45, 7) is 6.80. The fourth-order valence-electron chi connectivity index (χ4n) is 2.65. The number of ether oxygens (including phenoxy) is 2. The van der Waals surface area contributed by atoms with Gasteiger partial charge in [-0.25, -0.2) is 0 Å². The topological polar surface area (TPSA) is 72.7 Å². The van der Waals surface area contributed by atoms with Gasteiger partial charge < -0.3 is 19.3 Å². The van der Waals surface area contributed by atoms with Crippen molar-refractivity contribution in [2.24, 2.45) is 0 Å². The quantitative estimate of drug-likeness (QED) is 0.811. The second-order valence-electron chi connectivity index (χ2n) is 5.62. The average molecular weight is 330 g/mol. The molecule has 2 aromatic rings. The molecule has 7 nitrogen and oxygen atoms in total. The van der Waals surface area contributed by atoms with Crippen molar-refractivity contribution in [3.8, 4) is 23.0 Å². The first kappa shape index (κ1) is 16.5. The monoisotopic (exact) mass is 330 g/mol. The molecular formula is C17H22N4O3. The predicted molar refractivity (Wildman–Crippen MR) is 90.2 cm³/mol. The zero-order valence-corrected chi connectivity index (χ0v) is 14.0. The van der Waals surface area contributed by atoms with Crippen LogP contribution in [0, 0.1) is 0 Å². The van der Waals surface area contributed by atoms with E-state index in [1.54, 1.807) is 13.2 Å². The maximum atomic E-state index is 5.56. The van der Waals surface area contributed by atoms with E-state index in [4.69, 9.17) is 14.0 Å². The standard InChI is InChI=1S/C17H22N4O3/c1-4-9-23-14-6-5-12(10-15(14)22-3)17-19-16(20-24-17)13-11-18-7-8-21(13)2/h4-6,10,13,18H,1,7-9,11H2,2-3H3. The van der Waals surface area contributed by atoms with Gasteiger partial charge in [-0.2, -0.15) is 4.98 Å². The summed E-state index contributed by atoms with van der Waals surface area (Å²) in [5.41, 5.74) is 0.794. The Morgan fingerprint density at radius 3 is 3.08 bits per heavy atom. The fraction of sp³-hybridized carbons (Fsp3) is 0.412. The van der Waals surface area contributed by atoms with Crippen molar-refractivity contribution in [1.29, 1.82) is 0 Å². The van der Waals surface area contributed by atoms with Crippen molar-refractivity contribution in [1.82, 2.24) is 20.4 Å². The van der Waals surface area contributed by atoms with Crippen molar-refractivity contribution >= 4 is 0 Å². The Morgan fingerprint density at radius 2 is 2.33 bits per heavy atom. The Labute approximate surface area is 141 Å². The maximum Gasteiger partial charge on any atom is 0.258 e. The summed E-state index contributed by atoms with van der Waals surface area (Å²) in [5.74, 6) is 2.42. The van der Waals surface area contributed by atoms with E-state index in [0.717, 1.165) is 25.2 Å². The molecule has 1 N–H and O–H groups in total. The van der Waals surface area contributed by atoms with E-state index in [-0.39, 0.29) is 6.04 Å². The lowest BCUT2D eigenvalue weighted by Crippen LogP contribution is -2.44. The Bertz CT molecular complexity index is 701. The molecule has 1 unspecified atom stereocenters. The van der Waals surface area contributed by atoms with Gasteiger partial charge in [0.1, 0.15) is 6.61 Å². The number of hydrogen-bond donors (Lipinski definition) is 1. The van der Waals surface area contributed by atoms with Crippen molar-refractivity contribution in [3.63, 3.8) is 0 Å². The Balaban J connectivity index is 1.83. The van der Waals surface area contributed by atoms with Crippen molar-refractivity contribution in [3.05, 3.63) is 36.7 Å². The number of methoxy groups -OCH3 is 1. The average Bonchev–Trinajstić information content (AvgIpc) is 3.10. The van der Waals surface area contributed by atoms with Gasteiger partial charge in [0.15, 0.2) is 17.3 Å². The van der Waals surface area contributed by atoms with Crippen LogP contribution in [0.3, 0.4) is 0 Å². The van der Waals surface area contributed by atoms with Gasteiger partial charge >= 0.3 is 0 Å². The van der Waals surface area contributed by atoms with Gasteiger partial charge in [0.2, 0.25) is 0 Å². The molecule has 1 atom stereocenters. The molecule has 2 heterocycles. The number of piperazine rings is 1. The summed E-state index contributed by atoms with van der Waals surface area (Å²) >= 11 is 0. The van der Waals surface area contributed by atoms with E-state index in [1.165, 1.54) is 0 Å².